The molecule has 0 unspecified atom stereocenters. The molecule has 0 spiro atoms. The molecule has 0 radical (unpaired) electrons. The molecule has 0 fully saturated rings. The van der Waals surface area contributed by atoms with Gasteiger partial charge in [0.2, 0.25) is 0 Å². The average Bonchev–Trinajstić information content (AvgIpc) is 2.77. The van der Waals surface area contributed by atoms with Crippen LogP contribution in [0.5, 0.6) is 0 Å². The molecule has 5 heteroatoms. The SMILES string of the molecule is O=C(Nc1ccccc1-c1cc(Cl)ccc1[Se]c1ccccc1)c1ccccn1. The average molecular weight is 464 g/mol. The van der Waals surface area contributed by atoms with E-state index < -0.39 is 0 Å². The van der Waals surface area contributed by atoms with Crippen LogP contribution in [0.15, 0.2) is 97.2 Å². The zero-order valence-corrected chi connectivity index (χ0v) is 17.8. The summed E-state index contributed by atoms with van der Waals surface area (Å²) < 4.78 is 2.48. The number of nitrogens with one attached hydrogen (secondary N) is 1. The number of halogens is 1. The molecule has 142 valence electrons. The van der Waals surface area contributed by atoms with Gasteiger partial charge in [-0.3, -0.25) is 0 Å². The first-order valence-corrected chi connectivity index (χ1v) is 11.1. The molecule has 3 nitrogen and oxygen atoms in total. The molecule has 0 atom stereocenters. The third-order valence-corrected chi connectivity index (χ3v) is 6.78. The van der Waals surface area contributed by atoms with Gasteiger partial charge in [0.05, 0.1) is 0 Å². The first-order valence-electron chi connectivity index (χ1n) is 9.05. The van der Waals surface area contributed by atoms with E-state index in [1.165, 1.54) is 8.92 Å². The van der Waals surface area contributed by atoms with Crippen LogP contribution in [-0.4, -0.2) is 25.8 Å². The van der Waals surface area contributed by atoms with Gasteiger partial charge in [0.25, 0.3) is 0 Å². The molecule has 0 saturated heterocycles. The van der Waals surface area contributed by atoms with E-state index in [-0.39, 0.29) is 20.9 Å². The van der Waals surface area contributed by atoms with Crippen LogP contribution < -0.4 is 14.2 Å². The van der Waals surface area contributed by atoms with E-state index in [0.717, 1.165) is 16.8 Å². The van der Waals surface area contributed by atoms with Gasteiger partial charge in [-0.15, -0.1) is 0 Å². The molecule has 0 aliphatic heterocycles. The summed E-state index contributed by atoms with van der Waals surface area (Å²) in [7, 11) is 0. The van der Waals surface area contributed by atoms with Gasteiger partial charge in [0, 0.05) is 0 Å². The Morgan fingerprint density at radius 2 is 1.59 bits per heavy atom. The predicted octanol–water partition coefficient (Wildman–Crippen LogP) is 4.31. The van der Waals surface area contributed by atoms with Gasteiger partial charge in [0.1, 0.15) is 0 Å². The quantitative estimate of drug-likeness (QED) is 0.448. The van der Waals surface area contributed by atoms with Crippen LogP contribution in [0.1, 0.15) is 10.5 Å². The van der Waals surface area contributed by atoms with E-state index in [0.29, 0.717) is 10.7 Å². The van der Waals surface area contributed by atoms with Crippen LogP contribution in [0.2, 0.25) is 5.02 Å². The van der Waals surface area contributed by atoms with Gasteiger partial charge in [-0.2, -0.15) is 0 Å². The van der Waals surface area contributed by atoms with Gasteiger partial charge in [-0.25, -0.2) is 0 Å². The molecule has 1 amide bonds. The number of nitrogens with zero attached hydrogens (tertiary/aromatic N) is 1. The summed E-state index contributed by atoms with van der Waals surface area (Å²) in [6.07, 6.45) is 1.61. The summed E-state index contributed by atoms with van der Waals surface area (Å²) >= 11 is 6.44. The van der Waals surface area contributed by atoms with Crippen molar-refractivity contribution in [3.8, 4) is 11.1 Å². The molecular formula is C24H17ClN2OSe. The van der Waals surface area contributed by atoms with Gasteiger partial charge in [-0.1, -0.05) is 0 Å². The van der Waals surface area contributed by atoms with Crippen molar-refractivity contribution in [3.05, 3.63) is 108 Å². The zero-order chi connectivity index (χ0) is 20.1. The van der Waals surface area contributed by atoms with Crippen molar-refractivity contribution in [1.29, 1.82) is 0 Å². The predicted molar refractivity (Wildman–Crippen MR) is 121 cm³/mol. The van der Waals surface area contributed by atoms with Crippen molar-refractivity contribution >= 4 is 47.1 Å². The second-order valence-electron chi connectivity index (χ2n) is 6.27. The van der Waals surface area contributed by atoms with Gasteiger partial charge >= 0.3 is 181 Å². The maximum atomic E-state index is 12.6. The number of aromatic nitrogens is 1. The summed E-state index contributed by atoms with van der Waals surface area (Å²) in [6, 6.07) is 29.4. The number of amides is 1. The summed E-state index contributed by atoms with van der Waals surface area (Å²) in [5.41, 5.74) is 3.07. The minimum atomic E-state index is -0.241. The fourth-order valence-corrected chi connectivity index (χ4v) is 5.12. The van der Waals surface area contributed by atoms with Crippen molar-refractivity contribution in [1.82, 2.24) is 4.98 Å². The number of benzene rings is 3. The first kappa shape index (κ1) is 19.4. The summed E-state index contributed by atoms with van der Waals surface area (Å²) in [4.78, 5) is 16.8. The number of rotatable bonds is 5. The molecule has 0 bridgehead atoms. The molecule has 1 heterocycles. The van der Waals surface area contributed by atoms with E-state index >= 15 is 0 Å². The standard InChI is InChI=1S/C24H17ClN2OSe/c25-17-13-14-23(29-18-8-2-1-3-9-18)20(16-17)19-10-4-5-11-21(19)27-24(28)22-12-6-7-15-26-22/h1-16H,(H,27,28). The number of anilines is 1. The van der Waals surface area contributed by atoms with E-state index in [1.807, 2.05) is 54.6 Å². The molecule has 1 N–H and O–H groups in total. The molecule has 0 aliphatic rings. The molecule has 4 aromatic rings. The summed E-state index contributed by atoms with van der Waals surface area (Å²) in [6.45, 7) is 0. The molecule has 0 saturated carbocycles. The Morgan fingerprint density at radius 3 is 2.38 bits per heavy atom. The summed E-state index contributed by atoms with van der Waals surface area (Å²) in [5.74, 6) is -0.241. The normalized spacial score (nSPS) is 10.5. The third kappa shape index (κ3) is 4.75. The van der Waals surface area contributed by atoms with Crippen LogP contribution in [0.3, 0.4) is 0 Å². The third-order valence-electron chi connectivity index (χ3n) is 4.28. The van der Waals surface area contributed by atoms with Crippen LogP contribution in [0.4, 0.5) is 5.69 Å². The Bertz CT molecular complexity index is 1130. The van der Waals surface area contributed by atoms with Gasteiger partial charge < -0.3 is 0 Å². The Balaban J connectivity index is 1.72. The first-order chi connectivity index (χ1) is 14.2. The minimum absolute atomic E-state index is 0.110. The van der Waals surface area contributed by atoms with Crippen LogP contribution in [0, 0.1) is 0 Å². The Hall–Kier alpha value is -2.91. The second kappa shape index (κ2) is 9.06. The van der Waals surface area contributed by atoms with Crippen LogP contribution in [-0.2, 0) is 0 Å². The summed E-state index contributed by atoms with van der Waals surface area (Å²) in [5, 5.41) is 3.66. The van der Waals surface area contributed by atoms with Crippen molar-refractivity contribution in [2.45, 2.75) is 0 Å². The molecule has 0 aliphatic carbocycles. The number of carbonyl (C=O) groups excluding carboxylic acids is 1. The van der Waals surface area contributed by atoms with Crippen molar-refractivity contribution in [2.24, 2.45) is 0 Å². The van der Waals surface area contributed by atoms with Gasteiger partial charge in [0.15, 0.2) is 0 Å². The fourth-order valence-electron chi connectivity index (χ4n) is 2.93. The fraction of sp³-hybridized carbons (Fsp3) is 0. The van der Waals surface area contributed by atoms with Crippen molar-refractivity contribution in [3.63, 3.8) is 0 Å². The van der Waals surface area contributed by atoms with E-state index in [9.17, 15) is 4.79 Å². The Kier molecular flexibility index (Phi) is 6.06. The van der Waals surface area contributed by atoms with Crippen molar-refractivity contribution in [2.75, 3.05) is 5.32 Å². The molecule has 1 aromatic heterocycles. The van der Waals surface area contributed by atoms with E-state index in [4.69, 9.17) is 11.6 Å². The van der Waals surface area contributed by atoms with Crippen LogP contribution >= 0.6 is 11.6 Å². The Morgan fingerprint density at radius 1 is 0.828 bits per heavy atom. The molecule has 29 heavy (non-hydrogen) atoms. The number of carbonyl (C=O) groups is 1. The molecule has 3 aromatic carbocycles. The topological polar surface area (TPSA) is 42.0 Å². The molecule has 4 rings (SSSR count). The van der Waals surface area contributed by atoms with Crippen LogP contribution in [0.25, 0.3) is 11.1 Å². The second-order valence-corrected chi connectivity index (χ2v) is 9.05. The number of hydrogen-bond acceptors (Lipinski definition) is 2. The number of hydrogen-bond donors (Lipinski definition) is 1. The maximum absolute atomic E-state index is 12.6. The van der Waals surface area contributed by atoms with Crippen molar-refractivity contribution < 1.29 is 4.79 Å². The molecular weight excluding hydrogens is 447 g/mol. The number of pyridine rings is 1. The van der Waals surface area contributed by atoms with Gasteiger partial charge in [-0.05, 0) is 0 Å². The Labute approximate surface area is 180 Å². The number of para-hydroxylation sites is 1. The monoisotopic (exact) mass is 464 g/mol. The van der Waals surface area contributed by atoms with E-state index in [2.05, 4.69) is 28.5 Å². The van der Waals surface area contributed by atoms with E-state index in [1.54, 1.807) is 24.4 Å². The zero-order valence-electron chi connectivity index (χ0n) is 15.4.